The summed E-state index contributed by atoms with van der Waals surface area (Å²) in [6.45, 7) is 5.72. The van der Waals surface area contributed by atoms with E-state index in [2.05, 4.69) is 10.6 Å². The van der Waals surface area contributed by atoms with Gasteiger partial charge in [0.25, 0.3) is 0 Å². The largest absolute Gasteiger partial charge is 0.378 e. The Morgan fingerprint density at radius 1 is 1.44 bits per heavy atom. The van der Waals surface area contributed by atoms with E-state index in [-0.39, 0.29) is 11.5 Å². The van der Waals surface area contributed by atoms with Crippen LogP contribution in [0.5, 0.6) is 0 Å². The molecule has 2 aliphatic rings. The minimum atomic E-state index is -0.0540. The molecule has 2 atom stereocenters. The molecule has 5 heteroatoms. The second-order valence-electron chi connectivity index (χ2n) is 5.18. The molecule has 0 bridgehead atoms. The lowest BCUT2D eigenvalue weighted by Gasteiger charge is -2.37. The van der Waals surface area contributed by atoms with E-state index in [1.54, 1.807) is 0 Å². The molecule has 0 radical (unpaired) electrons. The van der Waals surface area contributed by atoms with Crippen molar-refractivity contribution in [1.82, 2.24) is 10.6 Å². The van der Waals surface area contributed by atoms with Crippen LogP contribution in [0.3, 0.4) is 0 Å². The zero-order chi connectivity index (χ0) is 12.8. The van der Waals surface area contributed by atoms with Gasteiger partial charge in [0.1, 0.15) is 0 Å². The second-order valence-corrected chi connectivity index (χ2v) is 5.18. The van der Waals surface area contributed by atoms with E-state index >= 15 is 0 Å². The van der Waals surface area contributed by atoms with Crippen molar-refractivity contribution in [3.63, 3.8) is 0 Å². The molecule has 2 rings (SSSR count). The van der Waals surface area contributed by atoms with Crippen LogP contribution in [0.1, 0.15) is 32.6 Å². The Balaban J connectivity index is 1.68. The molecule has 0 aliphatic carbocycles. The first kappa shape index (κ1) is 13.8. The summed E-state index contributed by atoms with van der Waals surface area (Å²) in [6.07, 6.45) is 3.58. The van der Waals surface area contributed by atoms with Gasteiger partial charge in [-0.1, -0.05) is 0 Å². The van der Waals surface area contributed by atoms with E-state index in [0.717, 1.165) is 45.6 Å². The van der Waals surface area contributed by atoms with E-state index in [1.165, 1.54) is 0 Å². The number of rotatable bonds is 5. The van der Waals surface area contributed by atoms with Crippen molar-refractivity contribution in [2.24, 2.45) is 0 Å². The summed E-state index contributed by atoms with van der Waals surface area (Å²) < 4.78 is 11.3. The highest BCUT2D eigenvalue weighted by Crippen LogP contribution is 2.32. The molecule has 2 N–H and O–H groups in total. The molecule has 5 nitrogen and oxygen atoms in total. The summed E-state index contributed by atoms with van der Waals surface area (Å²) in [5, 5.41) is 6.27. The van der Waals surface area contributed by atoms with E-state index in [4.69, 9.17) is 9.47 Å². The first-order valence-corrected chi connectivity index (χ1v) is 6.96. The molecule has 2 unspecified atom stereocenters. The average Bonchev–Trinajstić information content (AvgIpc) is 2.78. The number of carbonyl (C=O) groups is 1. The predicted molar refractivity (Wildman–Crippen MR) is 68.4 cm³/mol. The van der Waals surface area contributed by atoms with Gasteiger partial charge in [-0.3, -0.25) is 4.79 Å². The van der Waals surface area contributed by atoms with E-state index in [1.807, 2.05) is 6.92 Å². The third-order valence-corrected chi connectivity index (χ3v) is 3.72. The smallest absolute Gasteiger partial charge is 0.221 e. The summed E-state index contributed by atoms with van der Waals surface area (Å²) in [7, 11) is 0. The third kappa shape index (κ3) is 3.67. The fourth-order valence-corrected chi connectivity index (χ4v) is 2.74. The van der Waals surface area contributed by atoms with Gasteiger partial charge in [-0.05, 0) is 19.8 Å². The van der Waals surface area contributed by atoms with Gasteiger partial charge < -0.3 is 20.1 Å². The standard InChI is InChI=1S/C13H24N2O3/c1-2-14-12(16)3-6-15-11-4-7-18-13(9-11)5-8-17-10-13/h11,15H,2-10H2,1H3,(H,14,16). The maximum atomic E-state index is 11.3. The summed E-state index contributed by atoms with van der Waals surface area (Å²) in [5.41, 5.74) is -0.0540. The molecular formula is C13H24N2O3. The molecule has 2 aliphatic heterocycles. The lowest BCUT2D eigenvalue weighted by atomic mass is 9.89. The number of hydrogen-bond acceptors (Lipinski definition) is 4. The summed E-state index contributed by atoms with van der Waals surface area (Å²) in [6, 6.07) is 0.454. The number of carbonyl (C=O) groups excluding carboxylic acids is 1. The van der Waals surface area contributed by atoms with Crippen molar-refractivity contribution < 1.29 is 14.3 Å². The van der Waals surface area contributed by atoms with E-state index < -0.39 is 0 Å². The summed E-state index contributed by atoms with van der Waals surface area (Å²) in [5.74, 6) is 0.121. The first-order valence-electron chi connectivity index (χ1n) is 6.96. The Labute approximate surface area is 109 Å². The van der Waals surface area contributed by atoms with Crippen molar-refractivity contribution in [3.8, 4) is 0 Å². The van der Waals surface area contributed by atoms with Gasteiger partial charge in [-0.25, -0.2) is 0 Å². The lowest BCUT2D eigenvalue weighted by Crippen LogP contribution is -2.48. The molecule has 2 saturated heterocycles. The number of hydrogen-bond donors (Lipinski definition) is 2. The quantitative estimate of drug-likeness (QED) is 0.749. The molecule has 0 aromatic heterocycles. The van der Waals surface area contributed by atoms with Gasteiger partial charge in [0.15, 0.2) is 0 Å². The van der Waals surface area contributed by atoms with Gasteiger partial charge in [0, 0.05) is 45.2 Å². The Hall–Kier alpha value is -0.650. The third-order valence-electron chi connectivity index (χ3n) is 3.72. The van der Waals surface area contributed by atoms with Gasteiger partial charge in [-0.15, -0.1) is 0 Å². The van der Waals surface area contributed by atoms with Crippen LogP contribution in [0.15, 0.2) is 0 Å². The van der Waals surface area contributed by atoms with Gasteiger partial charge in [0.05, 0.1) is 12.2 Å². The first-order chi connectivity index (χ1) is 8.74. The second kappa shape index (κ2) is 6.50. The summed E-state index contributed by atoms with van der Waals surface area (Å²) in [4.78, 5) is 11.3. The highest BCUT2D eigenvalue weighted by Gasteiger charge is 2.40. The molecule has 2 fully saturated rings. The topological polar surface area (TPSA) is 59.6 Å². The van der Waals surface area contributed by atoms with Crippen LogP contribution >= 0.6 is 0 Å². The van der Waals surface area contributed by atoms with Crippen molar-refractivity contribution in [3.05, 3.63) is 0 Å². The van der Waals surface area contributed by atoms with Crippen LogP contribution in [0.4, 0.5) is 0 Å². The maximum absolute atomic E-state index is 11.3. The van der Waals surface area contributed by atoms with Crippen molar-refractivity contribution >= 4 is 5.91 Å². The Kier molecular flexibility index (Phi) is 4.97. The Morgan fingerprint density at radius 2 is 2.33 bits per heavy atom. The minimum Gasteiger partial charge on any atom is -0.378 e. The van der Waals surface area contributed by atoms with Crippen molar-refractivity contribution in [1.29, 1.82) is 0 Å². The fraction of sp³-hybridized carbons (Fsp3) is 0.923. The highest BCUT2D eigenvalue weighted by atomic mass is 16.6. The van der Waals surface area contributed by atoms with Crippen molar-refractivity contribution in [2.45, 2.75) is 44.2 Å². The van der Waals surface area contributed by atoms with E-state index in [9.17, 15) is 4.79 Å². The van der Waals surface area contributed by atoms with Crippen LogP contribution in [-0.2, 0) is 14.3 Å². The average molecular weight is 256 g/mol. The molecule has 1 amide bonds. The Morgan fingerprint density at radius 3 is 3.06 bits per heavy atom. The SMILES string of the molecule is CCNC(=O)CCNC1CCOC2(CCOC2)C1. The minimum absolute atomic E-state index is 0.0540. The molecule has 0 aromatic rings. The van der Waals surface area contributed by atoms with Crippen LogP contribution in [0.2, 0.25) is 0 Å². The molecule has 18 heavy (non-hydrogen) atoms. The molecule has 0 saturated carbocycles. The monoisotopic (exact) mass is 256 g/mol. The molecule has 1 spiro atoms. The predicted octanol–water partition coefficient (Wildman–Crippen LogP) is 0.440. The van der Waals surface area contributed by atoms with Gasteiger partial charge >= 0.3 is 0 Å². The van der Waals surface area contributed by atoms with Crippen LogP contribution < -0.4 is 10.6 Å². The fourth-order valence-electron chi connectivity index (χ4n) is 2.74. The molecule has 2 heterocycles. The zero-order valence-corrected chi connectivity index (χ0v) is 11.2. The van der Waals surface area contributed by atoms with Gasteiger partial charge in [0.2, 0.25) is 5.91 Å². The zero-order valence-electron chi connectivity index (χ0n) is 11.2. The number of amides is 1. The van der Waals surface area contributed by atoms with Crippen molar-refractivity contribution in [2.75, 3.05) is 32.9 Å². The molecule has 0 aromatic carbocycles. The van der Waals surface area contributed by atoms with Crippen LogP contribution in [0.25, 0.3) is 0 Å². The molecular weight excluding hydrogens is 232 g/mol. The number of ether oxygens (including phenoxy) is 2. The highest BCUT2D eigenvalue weighted by molar-refractivity contribution is 5.75. The van der Waals surface area contributed by atoms with E-state index in [0.29, 0.717) is 19.0 Å². The van der Waals surface area contributed by atoms with Gasteiger partial charge in [-0.2, -0.15) is 0 Å². The summed E-state index contributed by atoms with van der Waals surface area (Å²) >= 11 is 0. The molecule has 104 valence electrons. The number of nitrogens with one attached hydrogen (secondary N) is 2. The maximum Gasteiger partial charge on any atom is 0.221 e. The van der Waals surface area contributed by atoms with Crippen LogP contribution in [-0.4, -0.2) is 50.5 Å². The normalized spacial score (nSPS) is 31.7. The van der Waals surface area contributed by atoms with Crippen LogP contribution in [0, 0.1) is 0 Å². The Bertz CT molecular complexity index is 277. The lowest BCUT2D eigenvalue weighted by molar-refractivity contribution is -0.121.